The van der Waals surface area contributed by atoms with Crippen molar-refractivity contribution in [2.75, 3.05) is 31.1 Å². The molecule has 0 bridgehead atoms. The minimum atomic E-state index is -0.635. The van der Waals surface area contributed by atoms with Gasteiger partial charge in [-0.15, -0.1) is 0 Å². The van der Waals surface area contributed by atoms with E-state index in [4.69, 9.17) is 0 Å². The highest BCUT2D eigenvalue weighted by Crippen LogP contribution is 2.16. The highest BCUT2D eigenvalue weighted by molar-refractivity contribution is 5.86. The maximum absolute atomic E-state index is 13.0. The second-order valence-corrected chi connectivity index (χ2v) is 6.69. The van der Waals surface area contributed by atoms with Crippen LogP contribution in [0, 0.1) is 5.82 Å². The molecule has 1 aromatic heterocycles. The van der Waals surface area contributed by atoms with Gasteiger partial charge in [-0.1, -0.05) is 0 Å². The molecule has 8 heteroatoms. The molecule has 1 aliphatic rings. The summed E-state index contributed by atoms with van der Waals surface area (Å²) in [5, 5.41) is 5.54. The van der Waals surface area contributed by atoms with Gasteiger partial charge in [0.15, 0.2) is 0 Å². The number of carbonyl (C=O) groups excluding carboxylic acids is 2. The van der Waals surface area contributed by atoms with E-state index < -0.39 is 6.04 Å². The largest absolute Gasteiger partial charge is 0.368 e. The first-order valence-electron chi connectivity index (χ1n) is 9.25. The fourth-order valence-corrected chi connectivity index (χ4v) is 3.00. The van der Waals surface area contributed by atoms with E-state index in [-0.39, 0.29) is 17.8 Å². The molecule has 0 spiro atoms. The monoisotopic (exact) mass is 385 g/mol. The quantitative estimate of drug-likeness (QED) is 0.822. The van der Waals surface area contributed by atoms with Crippen molar-refractivity contribution in [3.05, 3.63) is 60.2 Å². The fraction of sp³-hybridized carbons (Fsp3) is 0.350. The second-order valence-electron chi connectivity index (χ2n) is 6.69. The van der Waals surface area contributed by atoms with Crippen molar-refractivity contribution in [3.63, 3.8) is 0 Å². The van der Waals surface area contributed by atoms with Gasteiger partial charge in [-0.25, -0.2) is 9.18 Å². The van der Waals surface area contributed by atoms with E-state index in [1.807, 2.05) is 12.1 Å². The standard InChI is InChI=1S/C20H24FN5O2/c1-15(19(27)23-14-16-6-8-22-9-7-16)24-20(28)26-12-10-25(11-13-26)18-4-2-17(21)3-5-18/h2-9,15H,10-14H2,1H3,(H,23,27)(H,24,28)/t15-/m1/s1. The summed E-state index contributed by atoms with van der Waals surface area (Å²) in [7, 11) is 0. The summed E-state index contributed by atoms with van der Waals surface area (Å²) in [5.41, 5.74) is 1.88. The number of nitrogens with zero attached hydrogens (tertiary/aromatic N) is 3. The molecule has 2 aromatic rings. The third-order valence-electron chi connectivity index (χ3n) is 4.71. The zero-order valence-electron chi connectivity index (χ0n) is 15.8. The Hall–Kier alpha value is -3.16. The molecular formula is C20H24FN5O2. The molecule has 148 valence electrons. The normalized spacial score (nSPS) is 15.1. The van der Waals surface area contributed by atoms with Crippen molar-refractivity contribution in [1.29, 1.82) is 0 Å². The van der Waals surface area contributed by atoms with Gasteiger partial charge in [0.1, 0.15) is 11.9 Å². The number of halogens is 1. The lowest BCUT2D eigenvalue weighted by Crippen LogP contribution is -2.55. The molecule has 1 aliphatic heterocycles. The van der Waals surface area contributed by atoms with Crippen molar-refractivity contribution in [2.45, 2.75) is 19.5 Å². The SMILES string of the molecule is C[C@@H](NC(=O)N1CCN(c2ccc(F)cc2)CC1)C(=O)NCc1ccncc1. The second kappa shape index (κ2) is 9.16. The van der Waals surface area contributed by atoms with Gasteiger partial charge in [0.25, 0.3) is 0 Å². The van der Waals surface area contributed by atoms with Crippen LogP contribution in [0.1, 0.15) is 12.5 Å². The first-order chi connectivity index (χ1) is 13.5. The summed E-state index contributed by atoms with van der Waals surface area (Å²) in [6.07, 6.45) is 3.33. The Labute approximate surface area is 163 Å². The third-order valence-corrected chi connectivity index (χ3v) is 4.71. The average molecular weight is 385 g/mol. The smallest absolute Gasteiger partial charge is 0.318 e. The zero-order valence-corrected chi connectivity index (χ0v) is 15.8. The van der Waals surface area contributed by atoms with Gasteiger partial charge in [-0.3, -0.25) is 9.78 Å². The third kappa shape index (κ3) is 5.18. The lowest BCUT2D eigenvalue weighted by atomic mass is 10.2. The zero-order chi connectivity index (χ0) is 19.9. The van der Waals surface area contributed by atoms with Crippen LogP contribution in [0.15, 0.2) is 48.8 Å². The summed E-state index contributed by atoms with van der Waals surface area (Å²) in [5.74, 6) is -0.506. The van der Waals surface area contributed by atoms with Crippen molar-refractivity contribution >= 4 is 17.6 Å². The average Bonchev–Trinajstić information content (AvgIpc) is 2.73. The number of nitrogens with one attached hydrogen (secondary N) is 2. The van der Waals surface area contributed by atoms with Crippen LogP contribution in [0.3, 0.4) is 0 Å². The van der Waals surface area contributed by atoms with Crippen LogP contribution in [0.25, 0.3) is 0 Å². The van der Waals surface area contributed by atoms with Crippen LogP contribution < -0.4 is 15.5 Å². The number of hydrogen-bond acceptors (Lipinski definition) is 4. The predicted molar refractivity (Wildman–Crippen MR) is 104 cm³/mol. The Morgan fingerprint density at radius 3 is 2.36 bits per heavy atom. The Kier molecular flexibility index (Phi) is 6.41. The maximum Gasteiger partial charge on any atom is 0.318 e. The number of urea groups is 1. The van der Waals surface area contributed by atoms with Gasteiger partial charge in [0, 0.05) is 50.8 Å². The number of carbonyl (C=O) groups is 2. The minimum absolute atomic E-state index is 0.241. The Balaban J connectivity index is 1.43. The molecule has 1 aromatic carbocycles. The molecule has 2 N–H and O–H groups in total. The molecule has 7 nitrogen and oxygen atoms in total. The summed E-state index contributed by atoms with van der Waals surface area (Å²) < 4.78 is 13.0. The number of benzene rings is 1. The van der Waals surface area contributed by atoms with Gasteiger partial charge >= 0.3 is 6.03 Å². The number of hydrogen-bond donors (Lipinski definition) is 2. The van der Waals surface area contributed by atoms with E-state index in [0.717, 1.165) is 11.3 Å². The molecule has 28 heavy (non-hydrogen) atoms. The van der Waals surface area contributed by atoms with Crippen molar-refractivity contribution in [1.82, 2.24) is 20.5 Å². The van der Waals surface area contributed by atoms with E-state index in [2.05, 4.69) is 20.5 Å². The van der Waals surface area contributed by atoms with Crippen LogP contribution in [-0.4, -0.2) is 54.0 Å². The first-order valence-corrected chi connectivity index (χ1v) is 9.25. The lowest BCUT2D eigenvalue weighted by molar-refractivity contribution is -0.122. The van der Waals surface area contributed by atoms with Gasteiger partial charge < -0.3 is 20.4 Å². The highest BCUT2D eigenvalue weighted by atomic mass is 19.1. The van der Waals surface area contributed by atoms with E-state index in [9.17, 15) is 14.0 Å². The summed E-state index contributed by atoms with van der Waals surface area (Å²) in [6.45, 7) is 4.43. The van der Waals surface area contributed by atoms with E-state index in [1.54, 1.807) is 36.4 Å². The molecule has 0 saturated carbocycles. The van der Waals surface area contributed by atoms with Crippen LogP contribution in [0.4, 0.5) is 14.9 Å². The van der Waals surface area contributed by atoms with Crippen LogP contribution >= 0.6 is 0 Å². The molecule has 2 heterocycles. The van der Waals surface area contributed by atoms with Gasteiger partial charge in [-0.05, 0) is 48.9 Å². The Morgan fingerprint density at radius 1 is 1.07 bits per heavy atom. The van der Waals surface area contributed by atoms with Crippen molar-refractivity contribution in [3.8, 4) is 0 Å². The van der Waals surface area contributed by atoms with E-state index >= 15 is 0 Å². The molecule has 1 saturated heterocycles. The maximum atomic E-state index is 13.0. The number of anilines is 1. The van der Waals surface area contributed by atoms with E-state index in [0.29, 0.717) is 32.7 Å². The predicted octanol–water partition coefficient (Wildman–Crippen LogP) is 1.76. The van der Waals surface area contributed by atoms with Crippen molar-refractivity contribution in [2.24, 2.45) is 0 Å². The van der Waals surface area contributed by atoms with Crippen LogP contribution in [0.5, 0.6) is 0 Å². The molecule has 1 atom stereocenters. The highest BCUT2D eigenvalue weighted by Gasteiger charge is 2.24. The molecular weight excluding hydrogens is 361 g/mol. The van der Waals surface area contributed by atoms with Gasteiger partial charge in [0.2, 0.25) is 5.91 Å². The Bertz CT molecular complexity index is 792. The fourth-order valence-electron chi connectivity index (χ4n) is 3.00. The lowest BCUT2D eigenvalue weighted by Gasteiger charge is -2.36. The van der Waals surface area contributed by atoms with Crippen LogP contribution in [-0.2, 0) is 11.3 Å². The number of pyridine rings is 1. The molecule has 1 fully saturated rings. The van der Waals surface area contributed by atoms with Gasteiger partial charge in [-0.2, -0.15) is 0 Å². The molecule has 0 radical (unpaired) electrons. The number of rotatable bonds is 5. The summed E-state index contributed by atoms with van der Waals surface area (Å²) in [4.78, 5) is 32.4. The Morgan fingerprint density at radius 2 is 1.71 bits per heavy atom. The molecule has 3 rings (SSSR count). The molecule has 0 unspecified atom stereocenters. The number of aromatic nitrogens is 1. The molecule has 0 aliphatic carbocycles. The number of amides is 3. The summed E-state index contributed by atoms with van der Waals surface area (Å²) in [6, 6.07) is 9.09. The summed E-state index contributed by atoms with van der Waals surface area (Å²) >= 11 is 0. The minimum Gasteiger partial charge on any atom is -0.368 e. The topological polar surface area (TPSA) is 77.6 Å². The van der Waals surface area contributed by atoms with E-state index in [1.165, 1.54) is 12.1 Å². The number of piperazine rings is 1. The molecule has 3 amide bonds. The first kappa shape index (κ1) is 19.6. The van der Waals surface area contributed by atoms with Crippen molar-refractivity contribution < 1.29 is 14.0 Å². The van der Waals surface area contributed by atoms with Crippen LogP contribution in [0.2, 0.25) is 0 Å². The van der Waals surface area contributed by atoms with Gasteiger partial charge in [0.05, 0.1) is 0 Å².